The van der Waals surface area contributed by atoms with Gasteiger partial charge in [0.25, 0.3) is 0 Å². The van der Waals surface area contributed by atoms with E-state index in [9.17, 15) is 9.18 Å². The molecular weight excluding hydrogens is 297 g/mol. The number of amides is 1. The number of benzene rings is 1. The van der Waals surface area contributed by atoms with Crippen LogP contribution in [0.2, 0.25) is 0 Å². The van der Waals surface area contributed by atoms with Gasteiger partial charge in [0.1, 0.15) is 5.82 Å². The zero-order valence-electron chi connectivity index (χ0n) is 12.7. The minimum atomic E-state index is -0.427. The van der Waals surface area contributed by atoms with Crippen LogP contribution in [0.1, 0.15) is 38.1 Å². The summed E-state index contributed by atoms with van der Waals surface area (Å²) in [5.74, 6) is 0.425. The number of nitrogens with one attached hydrogen (secondary N) is 1. The molecule has 1 aliphatic carbocycles. The van der Waals surface area contributed by atoms with Crippen molar-refractivity contribution in [2.45, 2.75) is 44.2 Å². The number of aromatic nitrogens is 4. The van der Waals surface area contributed by atoms with E-state index in [0.29, 0.717) is 23.3 Å². The van der Waals surface area contributed by atoms with E-state index in [1.807, 2.05) is 0 Å². The molecule has 0 spiro atoms. The summed E-state index contributed by atoms with van der Waals surface area (Å²) in [6.07, 6.45) is 5.32. The van der Waals surface area contributed by atoms with Crippen molar-refractivity contribution in [1.82, 2.24) is 25.5 Å². The lowest BCUT2D eigenvalue weighted by atomic mass is 9.78. The van der Waals surface area contributed by atoms with Crippen LogP contribution in [0.3, 0.4) is 0 Å². The van der Waals surface area contributed by atoms with E-state index >= 15 is 0 Å². The average molecular weight is 315 g/mol. The lowest BCUT2D eigenvalue weighted by Gasteiger charge is -2.38. The SMILES string of the molecule is O=C1NC2CCCCC2CC1n1nnc(-c2cccc(F)c2)n1. The molecule has 4 rings (SSSR count). The summed E-state index contributed by atoms with van der Waals surface area (Å²) in [7, 11) is 0. The minimum Gasteiger partial charge on any atom is -0.351 e. The third kappa shape index (κ3) is 2.71. The van der Waals surface area contributed by atoms with Gasteiger partial charge in [-0.15, -0.1) is 10.2 Å². The first-order valence-corrected chi connectivity index (χ1v) is 8.06. The fraction of sp³-hybridized carbons (Fsp3) is 0.500. The Morgan fingerprint density at radius 3 is 3.00 bits per heavy atom. The molecule has 2 fully saturated rings. The predicted molar refractivity (Wildman–Crippen MR) is 80.8 cm³/mol. The number of hydrogen-bond acceptors (Lipinski definition) is 4. The van der Waals surface area contributed by atoms with Crippen molar-refractivity contribution in [2.75, 3.05) is 0 Å². The van der Waals surface area contributed by atoms with Crippen LogP contribution in [-0.4, -0.2) is 32.2 Å². The molecule has 1 saturated carbocycles. The third-order valence-corrected chi connectivity index (χ3v) is 4.86. The Morgan fingerprint density at radius 1 is 1.26 bits per heavy atom. The van der Waals surface area contributed by atoms with Crippen molar-refractivity contribution < 1.29 is 9.18 Å². The zero-order valence-corrected chi connectivity index (χ0v) is 12.7. The molecule has 120 valence electrons. The number of piperidine rings is 1. The lowest BCUT2D eigenvalue weighted by Crippen LogP contribution is -2.51. The molecule has 2 aromatic rings. The molecule has 2 heterocycles. The van der Waals surface area contributed by atoms with Gasteiger partial charge < -0.3 is 5.32 Å². The molecule has 6 nitrogen and oxygen atoms in total. The van der Waals surface area contributed by atoms with Crippen molar-refractivity contribution in [3.63, 3.8) is 0 Å². The Bertz CT molecular complexity index is 731. The third-order valence-electron chi connectivity index (χ3n) is 4.86. The second-order valence-electron chi connectivity index (χ2n) is 6.35. The van der Waals surface area contributed by atoms with Gasteiger partial charge in [-0.3, -0.25) is 4.79 Å². The van der Waals surface area contributed by atoms with E-state index in [1.54, 1.807) is 12.1 Å². The number of carbonyl (C=O) groups excluding carboxylic acids is 1. The first-order chi connectivity index (χ1) is 11.2. The zero-order chi connectivity index (χ0) is 15.8. The van der Waals surface area contributed by atoms with E-state index in [0.717, 1.165) is 19.3 Å². The normalized spacial score (nSPS) is 27.3. The minimum absolute atomic E-state index is 0.0451. The van der Waals surface area contributed by atoms with Crippen LogP contribution in [0.15, 0.2) is 24.3 Å². The fourth-order valence-corrected chi connectivity index (χ4v) is 3.65. The number of halogens is 1. The molecule has 1 amide bonds. The van der Waals surface area contributed by atoms with Crippen LogP contribution < -0.4 is 5.32 Å². The standard InChI is InChI=1S/C16H18FN5O/c17-12-6-3-5-11(8-12)15-19-21-22(20-15)14-9-10-4-1-2-7-13(10)18-16(14)23/h3,5-6,8,10,13-14H,1-2,4,7,9H2,(H,18,23). The van der Waals surface area contributed by atoms with Gasteiger partial charge in [-0.05, 0) is 42.5 Å². The molecule has 1 N–H and O–H groups in total. The summed E-state index contributed by atoms with van der Waals surface area (Å²) in [5, 5.41) is 15.4. The summed E-state index contributed by atoms with van der Waals surface area (Å²) in [4.78, 5) is 13.7. The van der Waals surface area contributed by atoms with Crippen LogP contribution in [0.25, 0.3) is 11.4 Å². The van der Waals surface area contributed by atoms with E-state index in [2.05, 4.69) is 20.7 Å². The van der Waals surface area contributed by atoms with Gasteiger partial charge in [0.15, 0.2) is 6.04 Å². The van der Waals surface area contributed by atoms with Crippen molar-refractivity contribution in [2.24, 2.45) is 5.92 Å². The number of hydrogen-bond donors (Lipinski definition) is 1. The second kappa shape index (κ2) is 5.72. The molecule has 3 atom stereocenters. The van der Waals surface area contributed by atoms with Crippen LogP contribution >= 0.6 is 0 Å². The molecule has 1 aromatic carbocycles. The summed E-state index contributed by atoms with van der Waals surface area (Å²) < 4.78 is 13.3. The molecule has 1 aromatic heterocycles. The van der Waals surface area contributed by atoms with Gasteiger partial charge in [-0.1, -0.05) is 25.0 Å². The Labute approximate surface area is 133 Å². The Balaban J connectivity index is 1.57. The van der Waals surface area contributed by atoms with Gasteiger partial charge in [0.2, 0.25) is 11.7 Å². The molecular formula is C16H18FN5O. The van der Waals surface area contributed by atoms with Gasteiger partial charge >= 0.3 is 0 Å². The van der Waals surface area contributed by atoms with Crippen molar-refractivity contribution in [3.05, 3.63) is 30.1 Å². The maximum atomic E-state index is 13.3. The van der Waals surface area contributed by atoms with E-state index in [1.165, 1.54) is 29.8 Å². The summed E-state index contributed by atoms with van der Waals surface area (Å²) in [6.45, 7) is 0. The first kappa shape index (κ1) is 14.3. The fourth-order valence-electron chi connectivity index (χ4n) is 3.65. The van der Waals surface area contributed by atoms with Crippen LogP contribution in [0, 0.1) is 11.7 Å². The summed E-state index contributed by atoms with van der Waals surface area (Å²) >= 11 is 0. The summed E-state index contributed by atoms with van der Waals surface area (Å²) in [5.41, 5.74) is 0.558. The van der Waals surface area contributed by atoms with E-state index < -0.39 is 6.04 Å². The van der Waals surface area contributed by atoms with E-state index in [-0.39, 0.29) is 11.7 Å². The molecule has 7 heteroatoms. The highest BCUT2D eigenvalue weighted by molar-refractivity contribution is 5.81. The highest BCUT2D eigenvalue weighted by atomic mass is 19.1. The van der Waals surface area contributed by atoms with Gasteiger partial charge in [0, 0.05) is 11.6 Å². The van der Waals surface area contributed by atoms with E-state index in [4.69, 9.17) is 0 Å². The topological polar surface area (TPSA) is 72.7 Å². The monoisotopic (exact) mass is 315 g/mol. The molecule has 2 aliphatic rings. The highest BCUT2D eigenvalue weighted by Crippen LogP contribution is 2.34. The van der Waals surface area contributed by atoms with Crippen molar-refractivity contribution in [1.29, 1.82) is 0 Å². The Morgan fingerprint density at radius 2 is 2.13 bits per heavy atom. The molecule has 1 aliphatic heterocycles. The van der Waals surface area contributed by atoms with Crippen LogP contribution in [0.4, 0.5) is 4.39 Å². The largest absolute Gasteiger partial charge is 0.351 e. The van der Waals surface area contributed by atoms with Gasteiger partial charge in [-0.2, -0.15) is 4.80 Å². The predicted octanol–water partition coefficient (Wildman–Crippen LogP) is 2.10. The number of tetrazole rings is 1. The number of fused-ring (bicyclic) bond motifs is 1. The number of rotatable bonds is 2. The average Bonchev–Trinajstić information content (AvgIpc) is 3.04. The smallest absolute Gasteiger partial charge is 0.247 e. The van der Waals surface area contributed by atoms with Crippen LogP contribution in [-0.2, 0) is 4.79 Å². The molecule has 0 radical (unpaired) electrons. The maximum absolute atomic E-state index is 13.3. The Hall–Kier alpha value is -2.31. The summed E-state index contributed by atoms with van der Waals surface area (Å²) in [6, 6.07) is 5.92. The van der Waals surface area contributed by atoms with Gasteiger partial charge in [0.05, 0.1) is 0 Å². The van der Waals surface area contributed by atoms with Crippen molar-refractivity contribution in [3.8, 4) is 11.4 Å². The van der Waals surface area contributed by atoms with Crippen molar-refractivity contribution >= 4 is 5.91 Å². The quantitative estimate of drug-likeness (QED) is 0.921. The first-order valence-electron chi connectivity index (χ1n) is 8.06. The molecule has 23 heavy (non-hydrogen) atoms. The van der Waals surface area contributed by atoms with Crippen LogP contribution in [0.5, 0.6) is 0 Å². The number of nitrogens with zero attached hydrogens (tertiary/aromatic N) is 4. The lowest BCUT2D eigenvalue weighted by molar-refractivity contribution is -0.129. The molecule has 3 unspecified atom stereocenters. The number of carbonyl (C=O) groups is 1. The molecule has 1 saturated heterocycles. The Kier molecular flexibility index (Phi) is 3.55. The second-order valence-corrected chi connectivity index (χ2v) is 6.35. The van der Waals surface area contributed by atoms with Gasteiger partial charge in [-0.25, -0.2) is 4.39 Å². The molecule has 0 bridgehead atoms. The highest BCUT2D eigenvalue weighted by Gasteiger charge is 2.38. The maximum Gasteiger partial charge on any atom is 0.247 e.